The van der Waals surface area contributed by atoms with Crippen molar-refractivity contribution in [3.63, 3.8) is 0 Å². The lowest BCUT2D eigenvalue weighted by atomic mass is 9.95. The van der Waals surface area contributed by atoms with E-state index < -0.39 is 0 Å². The van der Waals surface area contributed by atoms with E-state index >= 15 is 0 Å². The van der Waals surface area contributed by atoms with E-state index in [0.29, 0.717) is 30.2 Å². The largest absolute Gasteiger partial charge is 0.493 e. The smallest absolute Gasteiger partial charge is 0.253 e. The third kappa shape index (κ3) is 3.26. The summed E-state index contributed by atoms with van der Waals surface area (Å²) >= 11 is 0. The number of hydrogen-bond donors (Lipinski definition) is 2. The topological polar surface area (TPSA) is 88.6 Å². The Balaban J connectivity index is 2.09. The molecule has 1 fully saturated rings. The van der Waals surface area contributed by atoms with Crippen molar-refractivity contribution >= 4 is 11.7 Å². The van der Waals surface area contributed by atoms with Gasteiger partial charge in [0.25, 0.3) is 5.91 Å². The Morgan fingerprint density at radius 3 is 2.38 bits per heavy atom. The second-order valence-electron chi connectivity index (χ2n) is 5.09. The highest BCUT2D eigenvalue weighted by molar-refractivity contribution is 5.95. The van der Waals surface area contributed by atoms with E-state index in [2.05, 4.69) is 0 Å². The first kappa shape index (κ1) is 15.2. The molecule has 0 unspecified atom stereocenters. The minimum absolute atomic E-state index is 0.0297. The molecular weight excluding hydrogens is 270 g/mol. The maximum Gasteiger partial charge on any atom is 0.253 e. The maximum absolute atomic E-state index is 12.5. The van der Waals surface area contributed by atoms with E-state index in [4.69, 9.17) is 20.6 Å². The van der Waals surface area contributed by atoms with E-state index in [1.807, 2.05) is 0 Å². The summed E-state index contributed by atoms with van der Waals surface area (Å²) in [7, 11) is 3.11. The molecule has 3 N–H and O–H groups in total. The van der Waals surface area contributed by atoms with Crippen molar-refractivity contribution in [1.82, 2.24) is 4.90 Å². The van der Waals surface area contributed by atoms with Crippen LogP contribution in [0.4, 0.5) is 0 Å². The van der Waals surface area contributed by atoms with E-state index in [1.165, 1.54) is 0 Å². The van der Waals surface area contributed by atoms with Crippen molar-refractivity contribution in [3.8, 4) is 11.5 Å². The van der Waals surface area contributed by atoms with Gasteiger partial charge in [0.15, 0.2) is 11.5 Å². The minimum Gasteiger partial charge on any atom is -0.493 e. The first-order chi connectivity index (χ1) is 10.1. The number of likely N-dealkylation sites (tertiary alicyclic amines) is 1. The summed E-state index contributed by atoms with van der Waals surface area (Å²) < 4.78 is 10.4. The summed E-state index contributed by atoms with van der Waals surface area (Å²) in [5.41, 5.74) is 6.10. The Morgan fingerprint density at radius 2 is 1.86 bits per heavy atom. The molecule has 1 heterocycles. The van der Waals surface area contributed by atoms with Crippen molar-refractivity contribution in [2.75, 3.05) is 27.3 Å². The van der Waals surface area contributed by atoms with Crippen molar-refractivity contribution in [3.05, 3.63) is 23.8 Å². The van der Waals surface area contributed by atoms with Crippen molar-refractivity contribution in [2.24, 2.45) is 11.7 Å². The molecular formula is C15H21N3O3. The van der Waals surface area contributed by atoms with Crippen LogP contribution in [0.25, 0.3) is 0 Å². The summed E-state index contributed by atoms with van der Waals surface area (Å²) in [6.07, 6.45) is 1.49. The zero-order valence-electron chi connectivity index (χ0n) is 12.4. The van der Waals surface area contributed by atoms with Gasteiger partial charge in [0.05, 0.1) is 20.1 Å². The summed E-state index contributed by atoms with van der Waals surface area (Å²) in [6, 6.07) is 5.16. The average molecular weight is 291 g/mol. The molecule has 0 aromatic heterocycles. The standard InChI is InChI=1S/C15H21N3O3/c1-20-12-4-3-11(9-13(12)21-2)15(19)18-7-5-10(6-8-18)14(16)17/h3-4,9-10H,5-8H2,1-2H3,(H3,16,17). The van der Waals surface area contributed by atoms with Gasteiger partial charge in [0.2, 0.25) is 0 Å². The number of carbonyl (C=O) groups excluding carboxylic acids is 1. The number of nitrogens with one attached hydrogen (secondary N) is 1. The lowest BCUT2D eigenvalue weighted by molar-refractivity contribution is 0.0709. The molecule has 1 aliphatic heterocycles. The lowest BCUT2D eigenvalue weighted by Crippen LogP contribution is -2.41. The van der Waals surface area contributed by atoms with Crippen LogP contribution in [-0.4, -0.2) is 44.0 Å². The number of hydrogen-bond acceptors (Lipinski definition) is 4. The van der Waals surface area contributed by atoms with Crippen molar-refractivity contribution in [1.29, 1.82) is 5.41 Å². The average Bonchev–Trinajstić information content (AvgIpc) is 2.53. The van der Waals surface area contributed by atoms with Gasteiger partial charge in [0.1, 0.15) is 0 Å². The van der Waals surface area contributed by atoms with Gasteiger partial charge in [0, 0.05) is 24.6 Å². The van der Waals surface area contributed by atoms with Gasteiger partial charge in [-0.25, -0.2) is 0 Å². The van der Waals surface area contributed by atoms with E-state index in [1.54, 1.807) is 37.3 Å². The summed E-state index contributed by atoms with van der Waals surface area (Å²) in [6.45, 7) is 1.24. The monoisotopic (exact) mass is 291 g/mol. The fourth-order valence-corrected chi connectivity index (χ4v) is 2.55. The molecule has 0 saturated carbocycles. The number of amides is 1. The van der Waals surface area contributed by atoms with Gasteiger partial charge in [-0.05, 0) is 31.0 Å². The van der Waals surface area contributed by atoms with Crippen LogP contribution in [-0.2, 0) is 0 Å². The predicted octanol–water partition coefficient (Wildman–Crippen LogP) is 1.49. The van der Waals surface area contributed by atoms with Gasteiger partial charge < -0.3 is 20.1 Å². The second kappa shape index (κ2) is 6.47. The van der Waals surface area contributed by atoms with Crippen molar-refractivity contribution in [2.45, 2.75) is 12.8 Å². The number of rotatable bonds is 4. The predicted molar refractivity (Wildman–Crippen MR) is 80.1 cm³/mol. The quantitative estimate of drug-likeness (QED) is 0.650. The van der Waals surface area contributed by atoms with E-state index in [9.17, 15) is 4.79 Å². The third-order valence-electron chi connectivity index (χ3n) is 3.85. The van der Waals surface area contributed by atoms with Gasteiger partial charge in [-0.15, -0.1) is 0 Å². The third-order valence-corrected chi connectivity index (χ3v) is 3.85. The molecule has 0 atom stereocenters. The molecule has 0 radical (unpaired) electrons. The SMILES string of the molecule is COc1ccc(C(=O)N2CCC(C(=N)N)CC2)cc1OC. The fourth-order valence-electron chi connectivity index (χ4n) is 2.55. The number of nitrogens with zero attached hydrogens (tertiary/aromatic N) is 1. The highest BCUT2D eigenvalue weighted by atomic mass is 16.5. The van der Waals surface area contributed by atoms with Crippen LogP contribution in [0.15, 0.2) is 18.2 Å². The minimum atomic E-state index is -0.0297. The second-order valence-corrected chi connectivity index (χ2v) is 5.09. The van der Waals surface area contributed by atoms with E-state index in [0.717, 1.165) is 12.8 Å². The van der Waals surface area contributed by atoms with Crippen LogP contribution < -0.4 is 15.2 Å². The number of methoxy groups -OCH3 is 2. The highest BCUT2D eigenvalue weighted by Gasteiger charge is 2.25. The molecule has 114 valence electrons. The Hall–Kier alpha value is -2.24. The van der Waals surface area contributed by atoms with Gasteiger partial charge in [-0.3, -0.25) is 10.2 Å². The number of nitrogens with two attached hydrogens (primary N) is 1. The summed E-state index contributed by atoms with van der Waals surface area (Å²) in [4.78, 5) is 14.3. The van der Waals surface area contributed by atoms with Crippen LogP contribution in [0.5, 0.6) is 11.5 Å². The molecule has 6 heteroatoms. The number of amidine groups is 1. The van der Waals surface area contributed by atoms with E-state index in [-0.39, 0.29) is 17.7 Å². The van der Waals surface area contributed by atoms with Gasteiger partial charge in [-0.1, -0.05) is 0 Å². The fraction of sp³-hybridized carbons (Fsp3) is 0.467. The molecule has 2 rings (SSSR count). The molecule has 21 heavy (non-hydrogen) atoms. The number of piperidine rings is 1. The first-order valence-corrected chi connectivity index (χ1v) is 6.92. The Kier molecular flexibility index (Phi) is 4.67. The molecule has 1 amide bonds. The zero-order chi connectivity index (χ0) is 15.4. The van der Waals surface area contributed by atoms with Crippen molar-refractivity contribution < 1.29 is 14.3 Å². The van der Waals surface area contributed by atoms with Crippen LogP contribution in [0.3, 0.4) is 0 Å². The normalized spacial score (nSPS) is 15.6. The van der Waals surface area contributed by atoms with Crippen LogP contribution in [0.2, 0.25) is 0 Å². The molecule has 1 aromatic carbocycles. The Morgan fingerprint density at radius 1 is 1.24 bits per heavy atom. The Labute approximate surface area is 124 Å². The van der Waals surface area contributed by atoms with Gasteiger partial charge >= 0.3 is 0 Å². The maximum atomic E-state index is 12.5. The zero-order valence-corrected chi connectivity index (χ0v) is 12.4. The lowest BCUT2D eigenvalue weighted by Gasteiger charge is -2.31. The molecule has 1 saturated heterocycles. The Bertz CT molecular complexity index is 537. The van der Waals surface area contributed by atoms with Crippen LogP contribution >= 0.6 is 0 Å². The molecule has 1 aliphatic rings. The molecule has 6 nitrogen and oxygen atoms in total. The van der Waals surface area contributed by atoms with Crippen LogP contribution in [0.1, 0.15) is 23.2 Å². The molecule has 1 aromatic rings. The highest BCUT2D eigenvalue weighted by Crippen LogP contribution is 2.28. The van der Waals surface area contributed by atoms with Gasteiger partial charge in [-0.2, -0.15) is 0 Å². The number of carbonyl (C=O) groups is 1. The molecule has 0 bridgehead atoms. The molecule has 0 spiro atoms. The number of ether oxygens (including phenoxy) is 2. The van der Waals surface area contributed by atoms with Crippen LogP contribution in [0, 0.1) is 11.3 Å². The summed E-state index contributed by atoms with van der Waals surface area (Å²) in [5, 5.41) is 7.47. The first-order valence-electron chi connectivity index (χ1n) is 6.92. The molecule has 0 aliphatic carbocycles. The summed E-state index contributed by atoms with van der Waals surface area (Å²) in [5.74, 6) is 1.43. The number of benzene rings is 1.